The van der Waals surface area contributed by atoms with Crippen LogP contribution in [0.2, 0.25) is 0 Å². The van der Waals surface area contributed by atoms with Crippen molar-refractivity contribution < 1.29 is 23.6 Å². The molecular weight excluding hydrogens is 462 g/mol. The topological polar surface area (TPSA) is 56.5 Å². The second-order valence-electron chi connectivity index (χ2n) is 9.36. The van der Waals surface area contributed by atoms with Crippen LogP contribution in [0.15, 0.2) is 78.6 Å². The van der Waals surface area contributed by atoms with Crippen LogP contribution in [0.25, 0.3) is 16.3 Å². The molecule has 196 valence electrons. The van der Waals surface area contributed by atoms with Gasteiger partial charge in [-0.1, -0.05) is 101 Å². The summed E-state index contributed by atoms with van der Waals surface area (Å²) in [5, 5.41) is 2.21. The molecule has 0 radical (unpaired) electrons. The SMILES string of the molecule is CCCCCCOC(=O)C(C(=O)OCCCCCC)=C(C[n+]1ccc2ccccc2c1)c1ccccc1. The number of ether oxygens (including phenoxy) is 2. The van der Waals surface area contributed by atoms with E-state index in [1.807, 2.05) is 71.6 Å². The molecule has 0 bridgehead atoms. The summed E-state index contributed by atoms with van der Waals surface area (Å²) in [4.78, 5) is 26.8. The molecule has 0 spiro atoms. The quantitative estimate of drug-likeness (QED) is 0.0571. The van der Waals surface area contributed by atoms with Crippen molar-refractivity contribution in [1.29, 1.82) is 0 Å². The lowest BCUT2D eigenvalue weighted by Gasteiger charge is -2.14. The molecule has 3 rings (SSSR count). The van der Waals surface area contributed by atoms with E-state index in [0.29, 0.717) is 12.1 Å². The Labute approximate surface area is 221 Å². The molecule has 1 aromatic heterocycles. The summed E-state index contributed by atoms with van der Waals surface area (Å²) in [5.41, 5.74) is 1.37. The molecule has 0 fully saturated rings. The minimum Gasteiger partial charge on any atom is -0.462 e. The highest BCUT2D eigenvalue weighted by atomic mass is 16.6. The number of esters is 2. The van der Waals surface area contributed by atoms with Gasteiger partial charge in [0.15, 0.2) is 24.5 Å². The smallest absolute Gasteiger partial charge is 0.346 e. The van der Waals surface area contributed by atoms with Gasteiger partial charge in [-0.25, -0.2) is 14.2 Å². The van der Waals surface area contributed by atoms with Gasteiger partial charge >= 0.3 is 11.9 Å². The van der Waals surface area contributed by atoms with Gasteiger partial charge in [0, 0.05) is 17.0 Å². The van der Waals surface area contributed by atoms with Crippen molar-refractivity contribution in [3.05, 3.63) is 84.2 Å². The Morgan fingerprint density at radius 2 is 1.24 bits per heavy atom. The van der Waals surface area contributed by atoms with E-state index in [1.54, 1.807) is 0 Å². The summed E-state index contributed by atoms with van der Waals surface area (Å²) < 4.78 is 13.2. The van der Waals surface area contributed by atoms with Gasteiger partial charge in [0.2, 0.25) is 0 Å². The third-order valence-electron chi connectivity index (χ3n) is 6.38. The summed E-state index contributed by atoms with van der Waals surface area (Å²) >= 11 is 0. The van der Waals surface area contributed by atoms with Crippen LogP contribution in [0.3, 0.4) is 0 Å². The first-order chi connectivity index (χ1) is 18.1. The molecule has 1 heterocycles. The molecule has 0 N–H and O–H groups in total. The lowest BCUT2D eigenvalue weighted by molar-refractivity contribution is -0.683. The third kappa shape index (κ3) is 8.85. The number of hydrogen-bond acceptors (Lipinski definition) is 4. The number of allylic oxidation sites excluding steroid dienone is 1. The highest BCUT2D eigenvalue weighted by molar-refractivity contribution is 6.20. The summed E-state index contributed by atoms with van der Waals surface area (Å²) in [6, 6.07) is 19.7. The summed E-state index contributed by atoms with van der Waals surface area (Å²) in [5.74, 6) is -1.23. The first-order valence-corrected chi connectivity index (χ1v) is 13.6. The van der Waals surface area contributed by atoms with Crippen LogP contribution in [0.4, 0.5) is 0 Å². The maximum absolute atomic E-state index is 13.4. The van der Waals surface area contributed by atoms with Crippen LogP contribution in [0.1, 0.15) is 70.8 Å². The number of pyridine rings is 1. The molecule has 0 aliphatic heterocycles. The van der Waals surface area contributed by atoms with Crippen LogP contribution in [-0.2, 0) is 25.6 Å². The number of fused-ring (bicyclic) bond motifs is 1. The van der Waals surface area contributed by atoms with Crippen molar-refractivity contribution in [3.8, 4) is 0 Å². The number of aromatic nitrogens is 1. The lowest BCUT2D eigenvalue weighted by Crippen LogP contribution is -2.35. The number of carbonyl (C=O) groups excluding carboxylic acids is 2. The zero-order valence-corrected chi connectivity index (χ0v) is 22.3. The maximum atomic E-state index is 13.4. The summed E-state index contributed by atoms with van der Waals surface area (Å²) in [6.45, 7) is 5.19. The zero-order valence-electron chi connectivity index (χ0n) is 22.3. The van der Waals surface area contributed by atoms with Crippen molar-refractivity contribution in [1.82, 2.24) is 0 Å². The second kappa shape index (κ2) is 15.6. The molecule has 0 amide bonds. The predicted octanol–water partition coefficient (Wildman–Crippen LogP) is 6.83. The van der Waals surface area contributed by atoms with Crippen LogP contribution in [0, 0.1) is 0 Å². The Morgan fingerprint density at radius 3 is 1.84 bits per heavy atom. The highest BCUT2D eigenvalue weighted by Gasteiger charge is 2.29. The molecule has 3 aromatic rings. The highest BCUT2D eigenvalue weighted by Crippen LogP contribution is 2.23. The number of benzene rings is 2. The summed E-state index contributed by atoms with van der Waals surface area (Å²) in [6.07, 6.45) is 11.9. The van der Waals surface area contributed by atoms with Crippen molar-refractivity contribution >= 4 is 28.3 Å². The molecule has 37 heavy (non-hydrogen) atoms. The number of rotatable bonds is 15. The van der Waals surface area contributed by atoms with Gasteiger partial charge in [-0.2, -0.15) is 0 Å². The monoisotopic (exact) mass is 502 g/mol. The Morgan fingerprint density at radius 1 is 0.676 bits per heavy atom. The van der Waals surface area contributed by atoms with E-state index in [9.17, 15) is 9.59 Å². The van der Waals surface area contributed by atoms with Crippen molar-refractivity contribution in [3.63, 3.8) is 0 Å². The fourth-order valence-corrected chi connectivity index (χ4v) is 4.27. The fourth-order valence-electron chi connectivity index (χ4n) is 4.27. The largest absolute Gasteiger partial charge is 0.462 e. The van der Waals surface area contributed by atoms with Crippen molar-refractivity contribution in [2.24, 2.45) is 0 Å². The second-order valence-corrected chi connectivity index (χ2v) is 9.36. The molecule has 0 saturated heterocycles. The Hall–Kier alpha value is -3.47. The Balaban J connectivity index is 1.95. The van der Waals surface area contributed by atoms with Crippen molar-refractivity contribution in [2.75, 3.05) is 13.2 Å². The van der Waals surface area contributed by atoms with E-state index < -0.39 is 11.9 Å². The van der Waals surface area contributed by atoms with Crippen LogP contribution >= 0.6 is 0 Å². The zero-order chi connectivity index (χ0) is 26.3. The fraction of sp³-hybridized carbons (Fsp3) is 0.406. The molecule has 5 heteroatoms. The van der Waals surface area contributed by atoms with Crippen molar-refractivity contribution in [2.45, 2.75) is 71.8 Å². The molecule has 0 saturated carbocycles. The molecule has 0 atom stereocenters. The normalized spacial score (nSPS) is 10.8. The molecule has 0 aliphatic rings. The first-order valence-electron chi connectivity index (χ1n) is 13.6. The molecule has 2 aromatic carbocycles. The average Bonchev–Trinajstić information content (AvgIpc) is 2.93. The van der Waals surface area contributed by atoms with Gasteiger partial charge in [-0.3, -0.25) is 0 Å². The van der Waals surface area contributed by atoms with E-state index in [-0.39, 0.29) is 18.8 Å². The molecule has 0 aliphatic carbocycles. The Kier molecular flexibility index (Phi) is 11.9. The van der Waals surface area contributed by atoms with E-state index in [4.69, 9.17) is 9.47 Å². The number of nitrogens with zero attached hydrogens (tertiary/aromatic N) is 1. The van der Waals surface area contributed by atoms with Gasteiger partial charge in [0.05, 0.1) is 13.2 Å². The minimum absolute atomic E-state index is 0.0159. The minimum atomic E-state index is -0.615. The van der Waals surface area contributed by atoms with Gasteiger partial charge in [0.25, 0.3) is 0 Å². The Bertz CT molecular complexity index is 1140. The van der Waals surface area contributed by atoms with Gasteiger partial charge < -0.3 is 9.47 Å². The lowest BCUT2D eigenvalue weighted by atomic mass is 9.99. The van der Waals surface area contributed by atoms with E-state index in [2.05, 4.69) is 19.9 Å². The average molecular weight is 503 g/mol. The van der Waals surface area contributed by atoms with E-state index >= 15 is 0 Å². The van der Waals surface area contributed by atoms with Crippen LogP contribution in [-0.4, -0.2) is 25.2 Å². The maximum Gasteiger partial charge on any atom is 0.346 e. The number of hydrogen-bond donors (Lipinski definition) is 0. The van der Waals surface area contributed by atoms with Crippen LogP contribution in [0.5, 0.6) is 0 Å². The predicted molar refractivity (Wildman–Crippen MR) is 148 cm³/mol. The van der Waals surface area contributed by atoms with Crippen LogP contribution < -0.4 is 4.57 Å². The van der Waals surface area contributed by atoms with E-state index in [0.717, 1.165) is 67.7 Å². The van der Waals surface area contributed by atoms with E-state index in [1.165, 1.54) is 0 Å². The molecular formula is C32H40NO4+. The third-order valence-corrected chi connectivity index (χ3v) is 6.38. The van der Waals surface area contributed by atoms with Gasteiger partial charge in [-0.15, -0.1) is 0 Å². The number of carbonyl (C=O) groups is 2. The molecule has 0 unspecified atom stereocenters. The number of unbranched alkanes of at least 4 members (excludes halogenated alkanes) is 6. The molecule has 5 nitrogen and oxygen atoms in total. The summed E-state index contributed by atoms with van der Waals surface area (Å²) in [7, 11) is 0. The van der Waals surface area contributed by atoms with Gasteiger partial charge in [0.1, 0.15) is 0 Å². The van der Waals surface area contributed by atoms with Gasteiger partial charge in [-0.05, 0) is 29.9 Å². The standard InChI is InChI=1S/C32H40NO4/c1-3-5-7-14-22-36-31(34)30(32(35)37-23-15-8-6-4-2)29(27-17-10-9-11-18-27)25-33-21-20-26-16-12-13-19-28(26)24-33/h9-13,16-21,24H,3-8,14-15,22-23,25H2,1-2H3/q+1. The first kappa shape index (κ1) is 28.1.